The maximum absolute atomic E-state index is 9.59. The van der Waals surface area contributed by atoms with Crippen LogP contribution in [0.5, 0.6) is 5.75 Å². The van der Waals surface area contributed by atoms with Crippen LogP contribution >= 0.6 is 22.6 Å². The predicted molar refractivity (Wildman–Crippen MR) is 56.1 cm³/mol. The van der Waals surface area contributed by atoms with Gasteiger partial charge in [-0.1, -0.05) is 24.3 Å². The highest BCUT2D eigenvalue weighted by Gasteiger charge is 2.02. The number of benzene rings is 1. The summed E-state index contributed by atoms with van der Waals surface area (Å²) in [6.07, 6.45) is 1.76. The predicted octanol–water partition coefficient (Wildman–Crippen LogP) is 2.54. The van der Waals surface area contributed by atoms with Gasteiger partial charge in [0.25, 0.3) is 0 Å². The van der Waals surface area contributed by atoms with Crippen LogP contribution in [-0.2, 0) is 0 Å². The third kappa shape index (κ3) is 1.14. The molecular weight excluding hydrogens is 265 g/mol. The molecule has 1 aromatic carbocycles. The summed E-state index contributed by atoms with van der Waals surface area (Å²) < 4.78 is 0.645. The Kier molecular flexibility index (Phi) is 1.88. The first-order valence-electron chi connectivity index (χ1n) is 3.51. The lowest BCUT2D eigenvalue weighted by Crippen LogP contribution is -1.82. The zero-order valence-corrected chi connectivity index (χ0v) is 8.32. The lowest BCUT2D eigenvalue weighted by molar-refractivity contribution is 0.475. The minimum Gasteiger partial charge on any atom is -0.505 e. The molecule has 0 saturated carbocycles. The van der Waals surface area contributed by atoms with Crippen LogP contribution in [0, 0.1) is 3.70 Å². The molecule has 2 aromatic rings. The van der Waals surface area contributed by atoms with Gasteiger partial charge in [0.1, 0.15) is 3.70 Å². The fourth-order valence-corrected chi connectivity index (χ4v) is 1.55. The summed E-state index contributed by atoms with van der Waals surface area (Å²) in [5.41, 5.74) is 0. The molecule has 0 amide bonds. The average Bonchev–Trinajstić information content (AvgIpc) is 2.12. The van der Waals surface area contributed by atoms with Crippen molar-refractivity contribution in [1.29, 1.82) is 0 Å². The maximum Gasteiger partial charge on any atom is 0.155 e. The van der Waals surface area contributed by atoms with Crippen LogP contribution in [0.15, 0.2) is 30.5 Å². The number of aromatic hydroxyl groups is 1. The van der Waals surface area contributed by atoms with Gasteiger partial charge in [-0.15, -0.1) is 0 Å². The highest BCUT2D eigenvalue weighted by atomic mass is 127. The number of rotatable bonds is 0. The van der Waals surface area contributed by atoms with Crippen molar-refractivity contribution in [3.05, 3.63) is 34.2 Å². The molecule has 1 aromatic heterocycles. The van der Waals surface area contributed by atoms with E-state index in [1.54, 1.807) is 6.20 Å². The van der Waals surface area contributed by atoms with Crippen molar-refractivity contribution in [3.8, 4) is 5.75 Å². The molecule has 0 unspecified atom stereocenters. The van der Waals surface area contributed by atoms with Crippen molar-refractivity contribution in [2.75, 3.05) is 0 Å². The third-order valence-electron chi connectivity index (χ3n) is 1.73. The molecule has 0 aliphatic heterocycles. The van der Waals surface area contributed by atoms with Crippen molar-refractivity contribution < 1.29 is 5.11 Å². The van der Waals surface area contributed by atoms with Gasteiger partial charge in [0.15, 0.2) is 5.75 Å². The number of aromatic nitrogens is 1. The fraction of sp³-hybridized carbons (Fsp3) is 0. The molecule has 12 heavy (non-hydrogen) atoms. The number of nitrogens with zero attached hydrogens (tertiary/aromatic N) is 1. The zero-order valence-electron chi connectivity index (χ0n) is 6.16. The summed E-state index contributed by atoms with van der Waals surface area (Å²) in [5, 5.41) is 11.4. The van der Waals surface area contributed by atoms with Crippen molar-refractivity contribution in [3.63, 3.8) is 0 Å². The summed E-state index contributed by atoms with van der Waals surface area (Å²) in [6.45, 7) is 0. The van der Waals surface area contributed by atoms with Crippen LogP contribution in [0.1, 0.15) is 0 Å². The molecular formula is C9H6INO. The normalized spacial score (nSPS) is 10.4. The summed E-state index contributed by atoms with van der Waals surface area (Å²) in [6, 6.07) is 7.64. The van der Waals surface area contributed by atoms with Gasteiger partial charge in [-0.25, -0.2) is 4.98 Å². The van der Waals surface area contributed by atoms with E-state index in [2.05, 4.69) is 4.98 Å². The molecule has 1 N–H and O–H groups in total. The van der Waals surface area contributed by atoms with E-state index in [1.807, 2.05) is 46.9 Å². The van der Waals surface area contributed by atoms with Gasteiger partial charge in [0, 0.05) is 17.0 Å². The number of pyridine rings is 1. The molecule has 3 heteroatoms. The van der Waals surface area contributed by atoms with Crippen LogP contribution in [0.3, 0.4) is 0 Å². The molecule has 0 fully saturated rings. The van der Waals surface area contributed by atoms with Crippen LogP contribution in [0.25, 0.3) is 10.8 Å². The SMILES string of the molecule is Oc1c(I)ncc2ccccc12. The second-order valence-electron chi connectivity index (χ2n) is 2.48. The van der Waals surface area contributed by atoms with E-state index in [0.29, 0.717) is 3.70 Å². The Bertz CT molecular complexity index is 428. The summed E-state index contributed by atoms with van der Waals surface area (Å²) >= 11 is 2.01. The van der Waals surface area contributed by atoms with Gasteiger partial charge in [-0.2, -0.15) is 0 Å². The third-order valence-corrected chi connectivity index (χ3v) is 2.52. The summed E-state index contributed by atoms with van der Waals surface area (Å²) in [7, 11) is 0. The molecule has 0 bridgehead atoms. The summed E-state index contributed by atoms with van der Waals surface area (Å²) in [5.74, 6) is 0.272. The first-order valence-corrected chi connectivity index (χ1v) is 4.59. The van der Waals surface area contributed by atoms with Crippen molar-refractivity contribution in [2.24, 2.45) is 0 Å². The van der Waals surface area contributed by atoms with E-state index in [-0.39, 0.29) is 5.75 Å². The van der Waals surface area contributed by atoms with Crippen molar-refractivity contribution >= 4 is 33.4 Å². The van der Waals surface area contributed by atoms with Gasteiger partial charge in [-0.05, 0) is 22.6 Å². The first kappa shape index (κ1) is 7.79. The maximum atomic E-state index is 9.59. The minimum atomic E-state index is 0.272. The Hall–Kier alpha value is -0.840. The fourth-order valence-electron chi connectivity index (χ4n) is 1.12. The molecule has 60 valence electrons. The second kappa shape index (κ2) is 2.90. The topological polar surface area (TPSA) is 33.1 Å². The Balaban J connectivity index is 2.91. The molecule has 0 aliphatic rings. The molecule has 0 saturated heterocycles. The zero-order chi connectivity index (χ0) is 8.55. The Morgan fingerprint density at radius 2 is 2.00 bits per heavy atom. The number of hydrogen-bond acceptors (Lipinski definition) is 2. The standard InChI is InChI=1S/C9H6INO/c10-9-8(12)7-4-2-1-3-6(7)5-11-9/h1-5,12H. The van der Waals surface area contributed by atoms with E-state index in [1.165, 1.54) is 0 Å². The lowest BCUT2D eigenvalue weighted by Gasteiger charge is -2.00. The van der Waals surface area contributed by atoms with Gasteiger partial charge >= 0.3 is 0 Å². The molecule has 2 nitrogen and oxygen atoms in total. The monoisotopic (exact) mass is 271 g/mol. The molecule has 0 radical (unpaired) electrons. The largest absolute Gasteiger partial charge is 0.505 e. The molecule has 0 atom stereocenters. The van der Waals surface area contributed by atoms with Crippen LogP contribution in [0.2, 0.25) is 0 Å². The molecule has 0 spiro atoms. The Morgan fingerprint density at radius 1 is 1.25 bits per heavy atom. The van der Waals surface area contributed by atoms with Gasteiger partial charge < -0.3 is 5.11 Å². The van der Waals surface area contributed by atoms with Crippen LogP contribution in [-0.4, -0.2) is 10.1 Å². The highest BCUT2D eigenvalue weighted by molar-refractivity contribution is 14.1. The van der Waals surface area contributed by atoms with Crippen LogP contribution < -0.4 is 0 Å². The average molecular weight is 271 g/mol. The molecule has 1 heterocycles. The highest BCUT2D eigenvalue weighted by Crippen LogP contribution is 2.26. The quantitative estimate of drug-likeness (QED) is 0.590. The van der Waals surface area contributed by atoms with Crippen LogP contribution in [0.4, 0.5) is 0 Å². The smallest absolute Gasteiger partial charge is 0.155 e. The molecule has 0 aliphatic carbocycles. The van der Waals surface area contributed by atoms with Gasteiger partial charge in [-0.3, -0.25) is 0 Å². The number of fused-ring (bicyclic) bond motifs is 1. The van der Waals surface area contributed by atoms with Gasteiger partial charge in [0.05, 0.1) is 0 Å². The van der Waals surface area contributed by atoms with E-state index in [4.69, 9.17) is 0 Å². The van der Waals surface area contributed by atoms with Crippen molar-refractivity contribution in [2.45, 2.75) is 0 Å². The lowest BCUT2D eigenvalue weighted by atomic mass is 10.2. The van der Waals surface area contributed by atoms with E-state index in [0.717, 1.165) is 10.8 Å². The first-order chi connectivity index (χ1) is 5.79. The Labute approximate surface area is 83.4 Å². The van der Waals surface area contributed by atoms with E-state index < -0.39 is 0 Å². The minimum absolute atomic E-state index is 0.272. The molecule has 2 rings (SSSR count). The number of hydrogen-bond donors (Lipinski definition) is 1. The van der Waals surface area contributed by atoms with E-state index in [9.17, 15) is 5.11 Å². The Morgan fingerprint density at radius 3 is 2.83 bits per heavy atom. The number of halogens is 1. The van der Waals surface area contributed by atoms with E-state index >= 15 is 0 Å². The van der Waals surface area contributed by atoms with Crippen molar-refractivity contribution in [1.82, 2.24) is 4.98 Å². The van der Waals surface area contributed by atoms with Gasteiger partial charge in [0.2, 0.25) is 0 Å². The summed E-state index contributed by atoms with van der Waals surface area (Å²) in [4.78, 5) is 4.04. The second-order valence-corrected chi connectivity index (χ2v) is 3.51.